The molecular formula is C19H29ClN2O. The summed E-state index contributed by atoms with van der Waals surface area (Å²) < 4.78 is 0. The Hall–Kier alpha value is -1.06. The number of benzene rings is 1. The molecule has 1 saturated heterocycles. The van der Waals surface area contributed by atoms with E-state index in [0.29, 0.717) is 5.41 Å². The molecule has 0 saturated carbocycles. The van der Waals surface area contributed by atoms with Crippen LogP contribution in [0.3, 0.4) is 0 Å². The number of amides is 1. The molecule has 1 unspecified atom stereocenters. The lowest BCUT2D eigenvalue weighted by Gasteiger charge is -2.29. The van der Waals surface area contributed by atoms with E-state index in [2.05, 4.69) is 43.1 Å². The number of fused-ring (bicyclic) bond motifs is 1. The van der Waals surface area contributed by atoms with Gasteiger partial charge in [0.1, 0.15) is 0 Å². The van der Waals surface area contributed by atoms with Gasteiger partial charge in [0.15, 0.2) is 0 Å². The van der Waals surface area contributed by atoms with Crippen LogP contribution in [-0.2, 0) is 13.1 Å². The molecule has 1 fully saturated rings. The van der Waals surface area contributed by atoms with Gasteiger partial charge in [-0.2, -0.15) is 0 Å². The largest absolute Gasteiger partial charge is 0.339 e. The first kappa shape index (κ1) is 18.3. The number of carbonyl (C=O) groups excluding carboxylic acids is 1. The molecule has 0 spiro atoms. The van der Waals surface area contributed by atoms with Crippen molar-refractivity contribution < 1.29 is 4.79 Å². The molecule has 1 atom stereocenters. The van der Waals surface area contributed by atoms with Gasteiger partial charge in [-0.25, -0.2) is 0 Å². The number of nitrogens with one attached hydrogen (secondary N) is 1. The maximum Gasteiger partial charge on any atom is 0.253 e. The van der Waals surface area contributed by atoms with Crippen molar-refractivity contribution in [3.63, 3.8) is 0 Å². The van der Waals surface area contributed by atoms with Gasteiger partial charge in [0.2, 0.25) is 0 Å². The van der Waals surface area contributed by atoms with Gasteiger partial charge < -0.3 is 10.2 Å². The average Bonchev–Trinajstić information content (AvgIpc) is 2.78. The van der Waals surface area contributed by atoms with Crippen molar-refractivity contribution in [2.45, 2.75) is 53.1 Å². The first-order chi connectivity index (χ1) is 10.4. The zero-order valence-electron chi connectivity index (χ0n) is 14.5. The Morgan fingerprint density at radius 2 is 1.87 bits per heavy atom. The summed E-state index contributed by atoms with van der Waals surface area (Å²) in [6.45, 7) is 10.6. The zero-order chi connectivity index (χ0) is 15.7. The first-order valence-corrected chi connectivity index (χ1v) is 8.57. The van der Waals surface area contributed by atoms with Gasteiger partial charge in [-0.15, -0.1) is 12.4 Å². The van der Waals surface area contributed by atoms with Crippen molar-refractivity contribution in [2.24, 2.45) is 11.3 Å². The topological polar surface area (TPSA) is 32.3 Å². The minimum Gasteiger partial charge on any atom is -0.339 e. The zero-order valence-corrected chi connectivity index (χ0v) is 15.3. The van der Waals surface area contributed by atoms with Gasteiger partial charge >= 0.3 is 0 Å². The van der Waals surface area contributed by atoms with E-state index in [9.17, 15) is 4.79 Å². The molecule has 128 valence electrons. The van der Waals surface area contributed by atoms with Crippen molar-refractivity contribution in [3.05, 3.63) is 34.9 Å². The SMILES string of the molecule is CC(C)(C)C1CCCN(C(=O)c2ccc3c(c2)CNC3)CC1.Cl. The number of carbonyl (C=O) groups is 1. The Kier molecular flexibility index (Phi) is 5.74. The molecule has 2 aliphatic heterocycles. The maximum atomic E-state index is 12.8. The minimum absolute atomic E-state index is 0. The van der Waals surface area contributed by atoms with Crippen LogP contribution in [0, 0.1) is 11.3 Å². The predicted octanol–water partition coefficient (Wildman–Crippen LogP) is 4.00. The van der Waals surface area contributed by atoms with Crippen molar-refractivity contribution in [3.8, 4) is 0 Å². The molecule has 23 heavy (non-hydrogen) atoms. The number of likely N-dealkylation sites (tertiary alicyclic amines) is 1. The molecule has 3 nitrogen and oxygen atoms in total. The van der Waals surface area contributed by atoms with Gasteiger partial charge in [-0.1, -0.05) is 26.8 Å². The van der Waals surface area contributed by atoms with E-state index >= 15 is 0 Å². The van der Waals surface area contributed by atoms with Crippen LogP contribution in [0.25, 0.3) is 0 Å². The highest BCUT2D eigenvalue weighted by molar-refractivity contribution is 5.94. The van der Waals surface area contributed by atoms with Crippen LogP contribution in [0.2, 0.25) is 0 Å². The van der Waals surface area contributed by atoms with Crippen LogP contribution in [0.15, 0.2) is 18.2 Å². The molecule has 0 aromatic heterocycles. The van der Waals surface area contributed by atoms with Crippen LogP contribution in [0.5, 0.6) is 0 Å². The summed E-state index contributed by atoms with van der Waals surface area (Å²) in [5.41, 5.74) is 3.82. The molecule has 1 N–H and O–H groups in total. The molecule has 4 heteroatoms. The van der Waals surface area contributed by atoms with Gasteiger partial charge in [0.05, 0.1) is 0 Å². The van der Waals surface area contributed by atoms with Gasteiger partial charge in [-0.3, -0.25) is 4.79 Å². The van der Waals surface area contributed by atoms with Crippen LogP contribution in [-0.4, -0.2) is 23.9 Å². The van der Waals surface area contributed by atoms with E-state index in [1.54, 1.807) is 0 Å². The van der Waals surface area contributed by atoms with Crippen LogP contribution in [0.4, 0.5) is 0 Å². The normalized spacial score (nSPS) is 21.3. The summed E-state index contributed by atoms with van der Waals surface area (Å²) >= 11 is 0. The molecule has 2 aliphatic rings. The number of halogens is 1. The number of hydrogen-bond acceptors (Lipinski definition) is 2. The van der Waals surface area contributed by atoms with Crippen molar-refractivity contribution in [2.75, 3.05) is 13.1 Å². The summed E-state index contributed by atoms with van der Waals surface area (Å²) in [6, 6.07) is 6.20. The van der Waals surface area contributed by atoms with Crippen LogP contribution in [0.1, 0.15) is 61.5 Å². The van der Waals surface area contributed by atoms with E-state index in [0.717, 1.165) is 50.5 Å². The molecule has 1 aromatic rings. The van der Waals surface area contributed by atoms with E-state index < -0.39 is 0 Å². The fraction of sp³-hybridized carbons (Fsp3) is 0.632. The summed E-state index contributed by atoms with van der Waals surface area (Å²) in [7, 11) is 0. The standard InChI is InChI=1S/C19H28N2O.ClH/c1-19(2,3)17-5-4-9-21(10-8-17)18(22)14-6-7-15-12-20-13-16(15)11-14;/h6-7,11,17,20H,4-5,8-10,12-13H2,1-3H3;1H. The quantitative estimate of drug-likeness (QED) is 0.840. The second kappa shape index (κ2) is 7.23. The number of nitrogens with zero attached hydrogens (tertiary/aromatic N) is 1. The fourth-order valence-corrected chi connectivity index (χ4v) is 3.78. The minimum atomic E-state index is 0. The molecule has 0 radical (unpaired) electrons. The first-order valence-electron chi connectivity index (χ1n) is 8.57. The van der Waals surface area contributed by atoms with Crippen molar-refractivity contribution in [1.82, 2.24) is 10.2 Å². The summed E-state index contributed by atoms with van der Waals surface area (Å²) in [6.07, 6.45) is 3.49. The smallest absolute Gasteiger partial charge is 0.253 e. The third-order valence-corrected chi connectivity index (χ3v) is 5.32. The third kappa shape index (κ3) is 4.07. The number of hydrogen-bond donors (Lipinski definition) is 1. The molecule has 0 aliphatic carbocycles. The lowest BCUT2D eigenvalue weighted by atomic mass is 9.77. The Morgan fingerprint density at radius 1 is 1.13 bits per heavy atom. The Labute approximate surface area is 146 Å². The van der Waals surface area contributed by atoms with Crippen molar-refractivity contribution >= 4 is 18.3 Å². The van der Waals surface area contributed by atoms with Crippen LogP contribution >= 0.6 is 12.4 Å². The molecular weight excluding hydrogens is 308 g/mol. The van der Waals surface area contributed by atoms with Gasteiger partial charge in [0, 0.05) is 31.7 Å². The summed E-state index contributed by atoms with van der Waals surface area (Å²) in [5.74, 6) is 0.929. The van der Waals surface area contributed by atoms with Gasteiger partial charge in [-0.05, 0) is 53.9 Å². The molecule has 1 amide bonds. The van der Waals surface area contributed by atoms with E-state index in [4.69, 9.17) is 0 Å². The highest BCUT2D eigenvalue weighted by Crippen LogP contribution is 2.34. The maximum absolute atomic E-state index is 12.8. The van der Waals surface area contributed by atoms with E-state index in [1.807, 2.05) is 6.07 Å². The Bertz CT molecular complexity index is 565. The van der Waals surface area contributed by atoms with Crippen molar-refractivity contribution in [1.29, 1.82) is 0 Å². The van der Waals surface area contributed by atoms with E-state index in [-0.39, 0.29) is 18.3 Å². The summed E-state index contributed by atoms with van der Waals surface area (Å²) in [4.78, 5) is 14.9. The highest BCUT2D eigenvalue weighted by Gasteiger charge is 2.29. The average molecular weight is 337 g/mol. The monoisotopic (exact) mass is 336 g/mol. The lowest BCUT2D eigenvalue weighted by molar-refractivity contribution is 0.0755. The molecule has 0 bridgehead atoms. The summed E-state index contributed by atoms with van der Waals surface area (Å²) in [5, 5.41) is 3.34. The van der Waals surface area contributed by atoms with E-state index in [1.165, 1.54) is 17.5 Å². The Morgan fingerprint density at radius 3 is 2.61 bits per heavy atom. The lowest BCUT2D eigenvalue weighted by Crippen LogP contribution is -2.32. The third-order valence-electron chi connectivity index (χ3n) is 5.32. The number of rotatable bonds is 1. The highest BCUT2D eigenvalue weighted by atomic mass is 35.5. The molecule has 2 heterocycles. The van der Waals surface area contributed by atoms with Crippen LogP contribution < -0.4 is 5.32 Å². The van der Waals surface area contributed by atoms with Gasteiger partial charge in [0.25, 0.3) is 5.91 Å². The molecule has 3 rings (SSSR count). The fourth-order valence-electron chi connectivity index (χ4n) is 3.78. The Balaban J connectivity index is 0.00000192. The predicted molar refractivity (Wildman–Crippen MR) is 96.9 cm³/mol. The second-order valence-corrected chi connectivity index (χ2v) is 7.87. The second-order valence-electron chi connectivity index (χ2n) is 7.87. The molecule has 1 aromatic carbocycles.